The first kappa shape index (κ1) is 24.4. The van der Waals surface area contributed by atoms with Gasteiger partial charge in [-0.3, -0.25) is 19.6 Å². The van der Waals surface area contributed by atoms with Gasteiger partial charge in [0.25, 0.3) is 0 Å². The summed E-state index contributed by atoms with van der Waals surface area (Å²) in [6.45, 7) is 5.57. The standard InChI is InChI=1S/C28H24F4N4O2/c1-26(2)11-12-27(3)23-22(26)33-19(37)14-35(23)25(38)36-21(16-5-4-6-18(29)13-16)20(34-24(27)36)15-7-9-17(10-8-15)28(30,31)32/h4-13,20-21H,14H2,1-3H3,(H,33,37). The lowest BCUT2D eigenvalue weighted by molar-refractivity contribution is -0.137. The molecule has 0 spiro atoms. The van der Waals surface area contributed by atoms with Crippen LogP contribution in [0.25, 0.3) is 0 Å². The molecule has 0 radical (unpaired) electrons. The van der Waals surface area contributed by atoms with Crippen LogP contribution in [0.15, 0.2) is 77.1 Å². The number of carbonyl (C=O) groups excluding carboxylic acids is 2. The minimum atomic E-state index is -4.51. The molecule has 3 amide bonds. The van der Waals surface area contributed by atoms with E-state index in [-0.39, 0.29) is 12.5 Å². The van der Waals surface area contributed by atoms with Gasteiger partial charge in [0.1, 0.15) is 24.2 Å². The fourth-order valence-electron chi connectivity index (χ4n) is 5.89. The number of amides is 3. The van der Waals surface area contributed by atoms with Crippen molar-refractivity contribution in [1.82, 2.24) is 15.1 Å². The number of rotatable bonds is 2. The highest BCUT2D eigenvalue weighted by Gasteiger charge is 2.59. The van der Waals surface area contributed by atoms with E-state index < -0.39 is 46.5 Å². The molecule has 2 aromatic rings. The van der Waals surface area contributed by atoms with Crippen LogP contribution in [-0.4, -0.2) is 34.1 Å². The average molecular weight is 525 g/mol. The maximum absolute atomic E-state index is 14.4. The highest BCUT2D eigenvalue weighted by Crippen LogP contribution is 2.55. The van der Waals surface area contributed by atoms with Crippen LogP contribution in [0.3, 0.4) is 0 Å². The Balaban J connectivity index is 1.56. The Kier molecular flexibility index (Phi) is 4.99. The molecule has 3 unspecified atom stereocenters. The van der Waals surface area contributed by atoms with E-state index in [1.807, 2.05) is 32.9 Å². The van der Waals surface area contributed by atoms with Crippen molar-refractivity contribution in [2.45, 2.75) is 39.0 Å². The van der Waals surface area contributed by atoms with Crippen molar-refractivity contribution in [2.75, 3.05) is 6.54 Å². The number of fused-ring (bicyclic) bond motifs is 2. The van der Waals surface area contributed by atoms with E-state index in [0.29, 0.717) is 28.4 Å². The lowest BCUT2D eigenvalue weighted by atomic mass is 9.69. The molecule has 6 nitrogen and oxygen atoms in total. The number of nitrogens with zero attached hydrogens (tertiary/aromatic N) is 3. The smallest absolute Gasteiger partial charge is 0.326 e. The van der Waals surface area contributed by atoms with Crippen LogP contribution < -0.4 is 5.32 Å². The molecule has 2 aromatic carbocycles. The van der Waals surface area contributed by atoms with Gasteiger partial charge in [-0.15, -0.1) is 0 Å². The van der Waals surface area contributed by atoms with Gasteiger partial charge in [0, 0.05) is 11.1 Å². The zero-order chi connectivity index (χ0) is 27.2. The van der Waals surface area contributed by atoms with E-state index in [2.05, 4.69) is 5.32 Å². The summed E-state index contributed by atoms with van der Waals surface area (Å²) < 4.78 is 54.2. The molecule has 0 aromatic heterocycles. The topological polar surface area (TPSA) is 65.0 Å². The second kappa shape index (κ2) is 7.78. The van der Waals surface area contributed by atoms with Crippen LogP contribution in [-0.2, 0) is 11.0 Å². The Hall–Kier alpha value is -3.95. The molecule has 0 bridgehead atoms. The van der Waals surface area contributed by atoms with Crippen LogP contribution in [0.1, 0.15) is 49.5 Å². The fraction of sp³-hybridized carbons (Fsp3) is 0.321. The largest absolute Gasteiger partial charge is 0.416 e. The highest BCUT2D eigenvalue weighted by atomic mass is 19.4. The van der Waals surface area contributed by atoms with Crippen molar-refractivity contribution >= 4 is 17.8 Å². The predicted octanol–water partition coefficient (Wildman–Crippen LogP) is 5.72. The first-order valence-electron chi connectivity index (χ1n) is 12.2. The van der Waals surface area contributed by atoms with Crippen molar-refractivity contribution in [3.63, 3.8) is 0 Å². The molecule has 10 heteroatoms. The monoisotopic (exact) mass is 524 g/mol. The minimum absolute atomic E-state index is 0.193. The SMILES string of the molecule is CC1(C)C=CC2(C)C3=NC(c4ccc(C(F)(F)F)cc4)C(c4cccc(F)c4)N3C(=O)N3CC(=O)NC1=C32. The number of hydrogen-bond acceptors (Lipinski definition) is 3. The number of halogens is 4. The van der Waals surface area contributed by atoms with Gasteiger partial charge in [-0.05, 0) is 42.3 Å². The van der Waals surface area contributed by atoms with Crippen LogP contribution in [0.2, 0.25) is 0 Å². The Bertz CT molecular complexity index is 1470. The Morgan fingerprint density at radius 2 is 1.71 bits per heavy atom. The van der Waals surface area contributed by atoms with Crippen LogP contribution in [0.5, 0.6) is 0 Å². The van der Waals surface area contributed by atoms with Crippen molar-refractivity contribution in [1.29, 1.82) is 0 Å². The van der Waals surface area contributed by atoms with Gasteiger partial charge < -0.3 is 5.32 Å². The zero-order valence-electron chi connectivity index (χ0n) is 20.8. The molecule has 1 fully saturated rings. The van der Waals surface area contributed by atoms with E-state index in [1.54, 1.807) is 6.07 Å². The highest BCUT2D eigenvalue weighted by molar-refractivity contribution is 6.10. The number of carbonyl (C=O) groups is 2. The van der Waals surface area contributed by atoms with Crippen molar-refractivity contribution in [3.8, 4) is 0 Å². The second-order valence-electron chi connectivity index (χ2n) is 10.8. The summed E-state index contributed by atoms with van der Waals surface area (Å²) in [5.41, 5.74) is -0.153. The maximum atomic E-state index is 14.4. The van der Waals surface area contributed by atoms with E-state index in [4.69, 9.17) is 4.99 Å². The van der Waals surface area contributed by atoms with E-state index in [9.17, 15) is 27.2 Å². The molecule has 1 aliphatic carbocycles. The number of aliphatic imine (C=N–C) groups is 1. The summed E-state index contributed by atoms with van der Waals surface area (Å²) in [6.07, 6.45) is -0.602. The van der Waals surface area contributed by atoms with Crippen LogP contribution >= 0.6 is 0 Å². The number of benzene rings is 2. The Labute approximate surface area is 216 Å². The number of amidine groups is 1. The average Bonchev–Trinajstić information content (AvgIpc) is 3.27. The number of allylic oxidation sites excluding steroid dienone is 1. The summed E-state index contributed by atoms with van der Waals surface area (Å²) in [7, 11) is 0. The van der Waals surface area contributed by atoms with Gasteiger partial charge in [0.2, 0.25) is 5.91 Å². The van der Waals surface area contributed by atoms with E-state index in [0.717, 1.165) is 12.1 Å². The molecule has 1 N–H and O–H groups in total. The number of alkyl halides is 3. The molecule has 4 aliphatic rings. The van der Waals surface area contributed by atoms with Gasteiger partial charge in [-0.1, -0.05) is 50.3 Å². The summed E-state index contributed by atoms with van der Waals surface area (Å²) in [5.74, 6) is -0.449. The zero-order valence-corrected chi connectivity index (χ0v) is 20.8. The van der Waals surface area contributed by atoms with Crippen molar-refractivity contribution in [2.24, 2.45) is 15.8 Å². The molecule has 3 aliphatic heterocycles. The van der Waals surface area contributed by atoms with Crippen molar-refractivity contribution < 1.29 is 27.2 Å². The second-order valence-corrected chi connectivity index (χ2v) is 10.8. The molecule has 3 heterocycles. The van der Waals surface area contributed by atoms with Gasteiger partial charge in [-0.25, -0.2) is 9.18 Å². The molecule has 1 saturated heterocycles. The van der Waals surface area contributed by atoms with Gasteiger partial charge in [-0.2, -0.15) is 13.2 Å². The predicted molar refractivity (Wildman–Crippen MR) is 131 cm³/mol. The molecule has 0 saturated carbocycles. The summed E-state index contributed by atoms with van der Waals surface area (Å²) >= 11 is 0. The maximum Gasteiger partial charge on any atom is 0.416 e. The third kappa shape index (κ3) is 3.42. The minimum Gasteiger partial charge on any atom is -0.326 e. The first-order chi connectivity index (χ1) is 17.8. The number of urea groups is 1. The summed E-state index contributed by atoms with van der Waals surface area (Å²) in [4.78, 5) is 34.7. The third-order valence-corrected chi connectivity index (χ3v) is 7.78. The van der Waals surface area contributed by atoms with E-state index >= 15 is 0 Å². The van der Waals surface area contributed by atoms with Crippen LogP contribution in [0.4, 0.5) is 22.4 Å². The quantitative estimate of drug-likeness (QED) is 0.404. The number of nitrogens with one attached hydrogen (secondary N) is 1. The van der Waals surface area contributed by atoms with Crippen molar-refractivity contribution in [3.05, 3.63) is 94.6 Å². The Morgan fingerprint density at radius 3 is 2.37 bits per heavy atom. The van der Waals surface area contributed by atoms with Gasteiger partial charge in [0.15, 0.2) is 0 Å². The number of hydrogen-bond donors (Lipinski definition) is 1. The fourth-order valence-corrected chi connectivity index (χ4v) is 5.89. The van der Waals surface area contributed by atoms with Crippen LogP contribution in [0, 0.1) is 16.6 Å². The summed E-state index contributed by atoms with van der Waals surface area (Å²) in [5, 5.41) is 2.94. The molecule has 38 heavy (non-hydrogen) atoms. The van der Waals surface area contributed by atoms with Gasteiger partial charge in [0.05, 0.1) is 22.7 Å². The van der Waals surface area contributed by atoms with Gasteiger partial charge >= 0.3 is 12.2 Å². The van der Waals surface area contributed by atoms with E-state index in [1.165, 1.54) is 40.1 Å². The first-order valence-corrected chi connectivity index (χ1v) is 12.2. The molecular weight excluding hydrogens is 500 g/mol. The third-order valence-electron chi connectivity index (χ3n) is 7.78. The summed E-state index contributed by atoms with van der Waals surface area (Å²) in [6, 6.07) is 8.29. The molecular formula is C28H24F4N4O2. The molecule has 6 rings (SSSR count). The lowest BCUT2D eigenvalue weighted by Crippen LogP contribution is -2.64. The molecule has 196 valence electrons. The lowest BCUT2D eigenvalue weighted by Gasteiger charge is -2.53. The normalized spacial score (nSPS) is 27.7. The molecule has 3 atom stereocenters. The Morgan fingerprint density at radius 1 is 1.00 bits per heavy atom.